The normalized spacial score (nSPS) is 18.4. The first kappa shape index (κ1) is 27.5. The predicted molar refractivity (Wildman–Crippen MR) is 147 cm³/mol. The Kier molecular flexibility index (Phi) is 6.15. The van der Waals surface area contributed by atoms with Crippen molar-refractivity contribution in [1.82, 2.24) is 25.0 Å². The number of halogens is 5. The van der Waals surface area contributed by atoms with Crippen molar-refractivity contribution in [3.8, 4) is 5.69 Å². The first-order chi connectivity index (χ1) is 19.2. The molecule has 1 amide bonds. The fourth-order valence-corrected chi connectivity index (χ4v) is 5.76. The maximum absolute atomic E-state index is 13.9. The second kappa shape index (κ2) is 9.17. The van der Waals surface area contributed by atoms with Gasteiger partial charge in [0.05, 0.1) is 24.6 Å². The van der Waals surface area contributed by atoms with Gasteiger partial charge in [0.1, 0.15) is 10.5 Å². The Morgan fingerprint density at radius 1 is 1.00 bits per heavy atom. The van der Waals surface area contributed by atoms with Crippen LogP contribution in [0.4, 0.5) is 30.8 Å². The van der Waals surface area contributed by atoms with E-state index in [0.29, 0.717) is 11.8 Å². The van der Waals surface area contributed by atoms with Gasteiger partial charge < -0.3 is 15.0 Å². The van der Waals surface area contributed by atoms with Crippen LogP contribution in [0.15, 0.2) is 59.8 Å². The Balaban J connectivity index is 1.33. The number of aryl methyl sites for hydroxylation is 1. The second-order valence-electron chi connectivity index (χ2n) is 10.2. The van der Waals surface area contributed by atoms with Gasteiger partial charge in [-0.1, -0.05) is 25.5 Å². The zero-order chi connectivity index (χ0) is 29.1. The smallest absolute Gasteiger partial charge is 0.310 e. The number of ether oxygens (including phenoxy) is 1. The molecule has 2 aliphatic heterocycles. The molecule has 6 rings (SSSR count). The lowest BCUT2D eigenvalue weighted by Crippen LogP contribution is -2.36. The van der Waals surface area contributed by atoms with Crippen molar-refractivity contribution < 1.29 is 29.0 Å². The fraction of sp³-hybridized carbons (Fsp3) is 0.308. The molecule has 0 radical (unpaired) electrons. The summed E-state index contributed by atoms with van der Waals surface area (Å²) in [4.78, 5) is 12.6. The van der Waals surface area contributed by atoms with Gasteiger partial charge in [-0.15, -0.1) is 0 Å². The number of carbonyl (C=O) groups excluding carboxylic acids is 1. The Labute approximate surface area is 231 Å². The van der Waals surface area contributed by atoms with Crippen LogP contribution in [0.5, 0.6) is 0 Å². The summed E-state index contributed by atoms with van der Waals surface area (Å²) in [5.74, 6) is -0.733. The van der Waals surface area contributed by atoms with Crippen molar-refractivity contribution in [1.29, 1.82) is 0 Å². The summed E-state index contributed by atoms with van der Waals surface area (Å²) in [7, 11) is -10.1. The number of rotatable bonds is 6. The third-order valence-corrected chi connectivity index (χ3v) is 8.41. The SMILES string of the molecule is Cc1ccc(NC(=O)c2cc(N3CCOCC3)cc(S(F)(F)(F)(F)F)c2)cc1-n1ccn2nc(C3CNNC3)cc12. The molecule has 2 fully saturated rings. The molecule has 0 bridgehead atoms. The summed E-state index contributed by atoms with van der Waals surface area (Å²) in [5, 5.41) is 7.24. The highest BCUT2D eigenvalue weighted by Gasteiger charge is 2.65. The van der Waals surface area contributed by atoms with Crippen molar-refractivity contribution in [3.05, 3.63) is 71.7 Å². The quantitative estimate of drug-likeness (QED) is 0.259. The van der Waals surface area contributed by atoms with E-state index < -0.39 is 26.6 Å². The van der Waals surface area contributed by atoms with E-state index in [1.165, 1.54) is 11.0 Å². The van der Waals surface area contributed by atoms with E-state index in [1.54, 1.807) is 28.9 Å². The fourth-order valence-electron chi connectivity index (χ4n) is 5.07. The molecule has 2 aromatic heterocycles. The number of aromatic nitrogens is 3. The number of hydrogen-bond donors (Lipinski definition) is 3. The van der Waals surface area contributed by atoms with Crippen LogP contribution in [0, 0.1) is 6.92 Å². The Morgan fingerprint density at radius 2 is 1.73 bits per heavy atom. The van der Waals surface area contributed by atoms with Crippen LogP contribution in [-0.4, -0.2) is 59.5 Å². The number of morpholine rings is 1. The molecular formula is C26H28F5N7O2S. The summed E-state index contributed by atoms with van der Waals surface area (Å²) in [6.45, 7) is 4.26. The number of nitrogens with zero attached hydrogens (tertiary/aromatic N) is 4. The van der Waals surface area contributed by atoms with E-state index in [4.69, 9.17) is 4.74 Å². The van der Waals surface area contributed by atoms with Crippen molar-refractivity contribution in [2.75, 3.05) is 49.6 Å². The number of fused-ring (bicyclic) bond motifs is 1. The zero-order valence-electron chi connectivity index (χ0n) is 21.9. The molecule has 0 spiro atoms. The second-order valence-corrected chi connectivity index (χ2v) is 12.6. The topological polar surface area (TPSA) is 87.9 Å². The molecule has 41 heavy (non-hydrogen) atoms. The highest BCUT2D eigenvalue weighted by Crippen LogP contribution is 3.02. The molecule has 0 atom stereocenters. The van der Waals surface area contributed by atoms with Crippen molar-refractivity contribution >= 4 is 33.2 Å². The third kappa shape index (κ3) is 5.62. The van der Waals surface area contributed by atoms with E-state index in [0.717, 1.165) is 30.0 Å². The van der Waals surface area contributed by atoms with Gasteiger partial charge in [-0.3, -0.25) is 20.2 Å². The maximum Gasteiger partial charge on any atom is 0.310 e. The first-order valence-corrected chi connectivity index (χ1v) is 14.9. The standard InChI is InChI=1S/C26H28F5N7O2S/c1-17-2-3-20(12-24(17)37-4-5-38-25(37)14-23(35-38)19-15-32-33-16-19)34-26(39)18-10-21(36-6-8-40-9-7-36)13-22(11-18)41(27,28,29,30)31/h2-5,10-14,19,32-33H,6-9,15-16H2,1H3,(H,34,39). The third-order valence-electron chi connectivity index (χ3n) is 7.28. The molecule has 220 valence electrons. The number of imidazole rings is 1. The highest BCUT2D eigenvalue weighted by molar-refractivity contribution is 8.45. The van der Waals surface area contributed by atoms with Crippen molar-refractivity contribution in [3.63, 3.8) is 0 Å². The molecule has 0 saturated carbocycles. The van der Waals surface area contributed by atoms with Gasteiger partial charge in [-0.05, 0) is 42.8 Å². The minimum atomic E-state index is -10.1. The van der Waals surface area contributed by atoms with Gasteiger partial charge in [0.15, 0.2) is 0 Å². The van der Waals surface area contributed by atoms with E-state index in [1.807, 2.05) is 23.8 Å². The lowest BCUT2D eigenvalue weighted by atomic mass is 10.1. The van der Waals surface area contributed by atoms with Crippen LogP contribution < -0.4 is 21.1 Å². The molecule has 2 saturated heterocycles. The van der Waals surface area contributed by atoms with Crippen molar-refractivity contribution in [2.45, 2.75) is 17.7 Å². The Morgan fingerprint density at radius 3 is 2.44 bits per heavy atom. The average Bonchev–Trinajstić information content (AvgIpc) is 3.67. The average molecular weight is 598 g/mol. The summed E-state index contributed by atoms with van der Waals surface area (Å²) >= 11 is 0. The molecule has 2 aliphatic rings. The Hall–Kier alpha value is -3.66. The summed E-state index contributed by atoms with van der Waals surface area (Å²) in [6, 6.07) is 8.83. The van der Waals surface area contributed by atoms with E-state index in [-0.39, 0.29) is 49.7 Å². The number of carbonyl (C=O) groups is 1. The van der Waals surface area contributed by atoms with Gasteiger partial charge in [-0.25, -0.2) is 4.52 Å². The number of hydrazine groups is 1. The number of amides is 1. The number of hydrogen-bond acceptors (Lipinski definition) is 6. The predicted octanol–water partition coefficient (Wildman–Crippen LogP) is 5.37. The molecule has 2 aromatic carbocycles. The summed E-state index contributed by atoms with van der Waals surface area (Å²) in [5.41, 5.74) is 9.09. The van der Waals surface area contributed by atoms with Crippen LogP contribution in [0.3, 0.4) is 0 Å². The number of anilines is 2. The summed E-state index contributed by atoms with van der Waals surface area (Å²) in [6.07, 6.45) is 3.62. The van der Waals surface area contributed by atoms with Gasteiger partial charge in [-0.2, -0.15) is 5.10 Å². The lowest BCUT2D eigenvalue weighted by Gasteiger charge is -2.41. The molecule has 0 aliphatic carbocycles. The monoisotopic (exact) mass is 597 g/mol. The largest absolute Gasteiger partial charge is 0.378 e. The highest BCUT2D eigenvalue weighted by atomic mass is 32.5. The van der Waals surface area contributed by atoms with Crippen LogP contribution >= 0.6 is 10.2 Å². The molecule has 9 nitrogen and oxygen atoms in total. The lowest BCUT2D eigenvalue weighted by molar-refractivity contribution is 0.102. The van der Waals surface area contributed by atoms with Gasteiger partial charge in [0, 0.05) is 67.5 Å². The molecule has 4 heterocycles. The Bertz CT molecular complexity index is 1640. The van der Waals surface area contributed by atoms with Gasteiger partial charge in [0.2, 0.25) is 0 Å². The molecule has 4 aromatic rings. The molecule has 3 N–H and O–H groups in total. The minimum Gasteiger partial charge on any atom is -0.378 e. The van der Waals surface area contributed by atoms with Crippen molar-refractivity contribution in [2.24, 2.45) is 0 Å². The molecular weight excluding hydrogens is 569 g/mol. The molecule has 15 heteroatoms. The first-order valence-electron chi connectivity index (χ1n) is 12.9. The van der Waals surface area contributed by atoms with E-state index in [9.17, 15) is 24.2 Å². The number of benzene rings is 2. The van der Waals surface area contributed by atoms with Crippen LogP contribution in [0.1, 0.15) is 27.5 Å². The van der Waals surface area contributed by atoms with Gasteiger partial charge in [0.25, 0.3) is 5.91 Å². The van der Waals surface area contributed by atoms with E-state index >= 15 is 0 Å². The maximum atomic E-state index is 13.9. The van der Waals surface area contributed by atoms with Crippen LogP contribution in [0.2, 0.25) is 0 Å². The van der Waals surface area contributed by atoms with E-state index in [2.05, 4.69) is 21.3 Å². The van der Waals surface area contributed by atoms with Crippen LogP contribution in [-0.2, 0) is 4.74 Å². The summed E-state index contributed by atoms with van der Waals surface area (Å²) < 4.78 is 78.1. The minimum absolute atomic E-state index is 0.118. The molecule has 0 unspecified atom stereocenters. The van der Waals surface area contributed by atoms with Gasteiger partial charge >= 0.3 is 10.2 Å². The van der Waals surface area contributed by atoms with Crippen LogP contribution in [0.25, 0.3) is 11.3 Å². The zero-order valence-corrected chi connectivity index (χ0v) is 22.7. The number of nitrogens with one attached hydrogen (secondary N) is 3.